The molecule has 0 aliphatic rings. The summed E-state index contributed by atoms with van der Waals surface area (Å²) >= 11 is 8.60. The molecule has 0 aromatic carbocycles. The van der Waals surface area contributed by atoms with E-state index < -0.39 is 0 Å². The van der Waals surface area contributed by atoms with Crippen molar-refractivity contribution in [1.82, 2.24) is 19.7 Å². The lowest BCUT2D eigenvalue weighted by atomic mass is 10.4. The van der Waals surface area contributed by atoms with Crippen LogP contribution in [0.25, 0.3) is 20.6 Å². The molecule has 3 aromatic heterocycles. The molecule has 0 aliphatic carbocycles. The molecule has 0 amide bonds. The van der Waals surface area contributed by atoms with Crippen molar-refractivity contribution >= 4 is 34.9 Å². The molecule has 3 aromatic rings. The Balaban J connectivity index is 2.01. The van der Waals surface area contributed by atoms with Gasteiger partial charge in [-0.15, -0.1) is 22.7 Å². The third-order valence-electron chi connectivity index (χ3n) is 2.66. The van der Waals surface area contributed by atoms with Crippen LogP contribution in [0.15, 0.2) is 23.7 Å². The van der Waals surface area contributed by atoms with Gasteiger partial charge < -0.3 is 0 Å². The normalized spacial score (nSPS) is 11.0. The van der Waals surface area contributed by atoms with Crippen molar-refractivity contribution in [2.45, 2.75) is 19.9 Å². The van der Waals surface area contributed by atoms with Crippen LogP contribution < -0.4 is 0 Å². The maximum absolute atomic E-state index is 5.26. The summed E-state index contributed by atoms with van der Waals surface area (Å²) in [5.74, 6) is 0.882. The Morgan fingerprint density at radius 1 is 1.42 bits per heavy atom. The van der Waals surface area contributed by atoms with Crippen LogP contribution in [-0.4, -0.2) is 19.7 Å². The lowest BCUT2D eigenvalue weighted by Crippen LogP contribution is -1.98. The van der Waals surface area contributed by atoms with E-state index >= 15 is 0 Å². The highest BCUT2D eigenvalue weighted by molar-refractivity contribution is 7.71. The molecule has 1 N–H and O–H groups in total. The summed E-state index contributed by atoms with van der Waals surface area (Å²) in [6.07, 6.45) is 2.90. The zero-order valence-electron chi connectivity index (χ0n) is 10.3. The standard InChI is InChI=1S/C12H12N4S3/c1-2-5-16-10(14-15-12(16)17)9-7-13-11(19-9)8-4-3-6-18-8/h3-4,6-7H,2,5H2,1H3,(H,15,17). The summed E-state index contributed by atoms with van der Waals surface area (Å²) in [4.78, 5) is 6.71. The smallest absolute Gasteiger partial charge is 0.195 e. The predicted octanol–water partition coefficient (Wildman–Crippen LogP) is 4.20. The number of rotatable bonds is 4. The number of aromatic nitrogens is 4. The Labute approximate surface area is 123 Å². The van der Waals surface area contributed by atoms with E-state index in [0.717, 1.165) is 28.7 Å². The number of thiazole rings is 1. The number of hydrogen-bond acceptors (Lipinski definition) is 5. The molecule has 0 bridgehead atoms. The first-order valence-electron chi connectivity index (χ1n) is 5.95. The summed E-state index contributed by atoms with van der Waals surface area (Å²) < 4.78 is 2.70. The van der Waals surface area contributed by atoms with Gasteiger partial charge in [0.1, 0.15) is 5.01 Å². The van der Waals surface area contributed by atoms with Crippen LogP contribution >= 0.6 is 34.9 Å². The van der Waals surface area contributed by atoms with E-state index in [1.807, 2.05) is 16.8 Å². The molecule has 0 saturated heterocycles. The van der Waals surface area contributed by atoms with Crippen LogP contribution in [0.3, 0.4) is 0 Å². The van der Waals surface area contributed by atoms with E-state index in [1.165, 1.54) is 4.88 Å². The molecule has 98 valence electrons. The Morgan fingerprint density at radius 3 is 3.05 bits per heavy atom. The third kappa shape index (κ3) is 2.41. The van der Waals surface area contributed by atoms with Gasteiger partial charge in [-0.2, -0.15) is 5.10 Å². The van der Waals surface area contributed by atoms with Crippen LogP contribution in [0.4, 0.5) is 0 Å². The summed E-state index contributed by atoms with van der Waals surface area (Å²) in [6.45, 7) is 3.00. The maximum Gasteiger partial charge on any atom is 0.195 e. The van der Waals surface area contributed by atoms with Gasteiger partial charge in [0, 0.05) is 12.7 Å². The molecule has 0 radical (unpaired) electrons. The van der Waals surface area contributed by atoms with Crippen LogP contribution in [-0.2, 0) is 6.54 Å². The van der Waals surface area contributed by atoms with Gasteiger partial charge in [-0.3, -0.25) is 9.67 Å². The van der Waals surface area contributed by atoms with Crippen molar-refractivity contribution in [3.63, 3.8) is 0 Å². The van der Waals surface area contributed by atoms with E-state index in [1.54, 1.807) is 22.7 Å². The highest BCUT2D eigenvalue weighted by Gasteiger charge is 2.13. The number of thiophene rings is 1. The largest absolute Gasteiger partial charge is 0.299 e. The molecule has 19 heavy (non-hydrogen) atoms. The second-order valence-electron chi connectivity index (χ2n) is 4.01. The molecule has 0 saturated carbocycles. The Hall–Kier alpha value is -1.31. The molecule has 7 heteroatoms. The monoisotopic (exact) mass is 308 g/mol. The molecule has 4 nitrogen and oxygen atoms in total. The molecule has 3 rings (SSSR count). The molecule has 0 aliphatic heterocycles. The maximum atomic E-state index is 5.26. The van der Waals surface area contributed by atoms with Gasteiger partial charge in [-0.05, 0) is 30.1 Å². The lowest BCUT2D eigenvalue weighted by molar-refractivity contribution is 0.675. The number of nitrogens with zero attached hydrogens (tertiary/aromatic N) is 3. The molecule has 0 spiro atoms. The van der Waals surface area contributed by atoms with Gasteiger partial charge in [0.2, 0.25) is 0 Å². The SMILES string of the molecule is CCCn1c(-c2cnc(-c3cccs3)s2)n[nH]c1=S. The third-order valence-corrected chi connectivity index (χ3v) is 5.01. The molecule has 3 heterocycles. The lowest BCUT2D eigenvalue weighted by Gasteiger charge is -2.01. The van der Waals surface area contributed by atoms with E-state index in [-0.39, 0.29) is 0 Å². The van der Waals surface area contributed by atoms with Gasteiger partial charge in [0.15, 0.2) is 10.6 Å². The first-order valence-corrected chi connectivity index (χ1v) is 8.05. The average Bonchev–Trinajstić information content (AvgIpc) is 3.10. The molecule has 0 unspecified atom stereocenters. The first kappa shape index (κ1) is 12.7. The zero-order valence-corrected chi connectivity index (χ0v) is 12.7. The van der Waals surface area contributed by atoms with Crippen molar-refractivity contribution in [3.05, 3.63) is 28.5 Å². The van der Waals surface area contributed by atoms with E-state index in [4.69, 9.17) is 12.2 Å². The van der Waals surface area contributed by atoms with Crippen LogP contribution in [0.1, 0.15) is 13.3 Å². The Kier molecular flexibility index (Phi) is 3.58. The second-order valence-corrected chi connectivity index (χ2v) is 6.38. The quantitative estimate of drug-likeness (QED) is 0.735. The Morgan fingerprint density at radius 2 is 2.32 bits per heavy atom. The number of nitrogens with one attached hydrogen (secondary N) is 1. The van der Waals surface area contributed by atoms with Crippen LogP contribution in [0.5, 0.6) is 0 Å². The summed E-state index contributed by atoms with van der Waals surface area (Å²) in [6, 6.07) is 4.12. The van der Waals surface area contributed by atoms with E-state index in [2.05, 4.69) is 33.6 Å². The predicted molar refractivity (Wildman–Crippen MR) is 82.1 cm³/mol. The van der Waals surface area contributed by atoms with Crippen molar-refractivity contribution in [2.75, 3.05) is 0 Å². The second kappa shape index (κ2) is 5.36. The highest BCUT2D eigenvalue weighted by Crippen LogP contribution is 2.33. The fraction of sp³-hybridized carbons (Fsp3) is 0.250. The van der Waals surface area contributed by atoms with Crippen molar-refractivity contribution in [1.29, 1.82) is 0 Å². The van der Waals surface area contributed by atoms with Gasteiger partial charge in [0.25, 0.3) is 0 Å². The van der Waals surface area contributed by atoms with Gasteiger partial charge >= 0.3 is 0 Å². The van der Waals surface area contributed by atoms with Gasteiger partial charge in [-0.1, -0.05) is 13.0 Å². The molecule has 0 fully saturated rings. The van der Waals surface area contributed by atoms with Crippen molar-refractivity contribution < 1.29 is 0 Å². The Bertz CT molecular complexity index is 720. The fourth-order valence-corrected chi connectivity index (χ4v) is 3.77. The molecular weight excluding hydrogens is 296 g/mol. The minimum Gasteiger partial charge on any atom is -0.299 e. The summed E-state index contributed by atoms with van der Waals surface area (Å²) in [7, 11) is 0. The average molecular weight is 308 g/mol. The topological polar surface area (TPSA) is 46.5 Å². The van der Waals surface area contributed by atoms with Crippen molar-refractivity contribution in [3.8, 4) is 20.6 Å². The summed E-state index contributed by atoms with van der Waals surface area (Å²) in [5.41, 5.74) is 0. The van der Waals surface area contributed by atoms with Crippen LogP contribution in [0, 0.1) is 4.77 Å². The minimum absolute atomic E-state index is 0.669. The number of aromatic amines is 1. The molecular formula is C12H12N4S3. The minimum atomic E-state index is 0.669. The first-order chi connectivity index (χ1) is 9.29. The fourth-order valence-electron chi connectivity index (χ4n) is 1.83. The van der Waals surface area contributed by atoms with E-state index in [9.17, 15) is 0 Å². The summed E-state index contributed by atoms with van der Waals surface area (Å²) in [5, 5.41) is 10.3. The molecule has 0 atom stereocenters. The van der Waals surface area contributed by atoms with E-state index in [0.29, 0.717) is 4.77 Å². The van der Waals surface area contributed by atoms with Gasteiger partial charge in [-0.25, -0.2) is 4.98 Å². The van der Waals surface area contributed by atoms with Crippen molar-refractivity contribution in [2.24, 2.45) is 0 Å². The van der Waals surface area contributed by atoms with Gasteiger partial charge in [0.05, 0.1) is 9.75 Å². The number of hydrogen-bond donors (Lipinski definition) is 1. The number of H-pyrrole nitrogens is 1. The van der Waals surface area contributed by atoms with Crippen LogP contribution in [0.2, 0.25) is 0 Å². The highest BCUT2D eigenvalue weighted by atomic mass is 32.1. The zero-order chi connectivity index (χ0) is 13.2.